The standard InChI is InChI=1S/C34H52O2/c1-30(2,3)24-18-16-22(26(28(24)35)32(7,8)9)34(20-14-13-15-21-34)23-17-19-25(31(4,5)6)29(36)27(23)33(10,11)12/h16-19,35-36H,13-15,20-21H2,1-12H3. The lowest BCUT2D eigenvalue weighted by atomic mass is 9.58. The highest BCUT2D eigenvalue weighted by Crippen LogP contribution is 2.55. The first-order valence-corrected chi connectivity index (χ1v) is 14.0. The van der Waals surface area contributed by atoms with Crippen molar-refractivity contribution >= 4 is 0 Å². The van der Waals surface area contributed by atoms with Gasteiger partial charge in [0.05, 0.1) is 0 Å². The van der Waals surface area contributed by atoms with Crippen LogP contribution >= 0.6 is 0 Å². The predicted molar refractivity (Wildman–Crippen MR) is 155 cm³/mol. The molecule has 2 aromatic carbocycles. The molecule has 0 heterocycles. The Kier molecular flexibility index (Phi) is 7.23. The molecule has 1 aliphatic carbocycles. The van der Waals surface area contributed by atoms with Crippen molar-refractivity contribution in [3.63, 3.8) is 0 Å². The number of phenolic OH excluding ortho intramolecular Hbond substituents is 2. The molecule has 2 aromatic rings. The molecular formula is C34H52O2. The van der Waals surface area contributed by atoms with Crippen LogP contribution in [0, 0.1) is 0 Å². The van der Waals surface area contributed by atoms with E-state index in [1.807, 2.05) is 0 Å². The molecule has 200 valence electrons. The van der Waals surface area contributed by atoms with Crippen molar-refractivity contribution < 1.29 is 10.2 Å². The van der Waals surface area contributed by atoms with E-state index in [4.69, 9.17) is 0 Å². The van der Waals surface area contributed by atoms with E-state index >= 15 is 0 Å². The van der Waals surface area contributed by atoms with Crippen LogP contribution in [0.1, 0.15) is 149 Å². The van der Waals surface area contributed by atoms with E-state index in [0.717, 1.165) is 47.9 Å². The van der Waals surface area contributed by atoms with Crippen LogP contribution in [0.15, 0.2) is 24.3 Å². The summed E-state index contributed by atoms with van der Waals surface area (Å²) in [5.41, 5.74) is 5.64. The second-order valence-corrected chi connectivity index (χ2v) is 15.4. The Balaban J connectivity index is 2.50. The van der Waals surface area contributed by atoms with Crippen molar-refractivity contribution in [1.82, 2.24) is 0 Å². The summed E-state index contributed by atoms with van der Waals surface area (Å²) in [4.78, 5) is 0. The van der Waals surface area contributed by atoms with E-state index in [1.165, 1.54) is 17.5 Å². The van der Waals surface area contributed by atoms with Gasteiger partial charge in [0.15, 0.2) is 0 Å². The fourth-order valence-corrected chi connectivity index (χ4v) is 6.55. The molecule has 0 amide bonds. The monoisotopic (exact) mass is 492 g/mol. The van der Waals surface area contributed by atoms with Crippen molar-refractivity contribution in [2.75, 3.05) is 0 Å². The van der Waals surface area contributed by atoms with Crippen LogP contribution in [0.5, 0.6) is 11.5 Å². The van der Waals surface area contributed by atoms with Gasteiger partial charge in [-0.25, -0.2) is 0 Å². The zero-order valence-corrected chi connectivity index (χ0v) is 25.2. The van der Waals surface area contributed by atoms with Gasteiger partial charge in [0.1, 0.15) is 11.5 Å². The summed E-state index contributed by atoms with van der Waals surface area (Å²) in [6.45, 7) is 26.4. The van der Waals surface area contributed by atoms with E-state index in [2.05, 4.69) is 107 Å². The van der Waals surface area contributed by atoms with Gasteiger partial charge < -0.3 is 10.2 Å². The third kappa shape index (κ3) is 5.07. The average Bonchev–Trinajstić information content (AvgIpc) is 2.70. The maximum absolute atomic E-state index is 11.8. The molecule has 36 heavy (non-hydrogen) atoms. The van der Waals surface area contributed by atoms with E-state index in [-0.39, 0.29) is 27.1 Å². The molecule has 0 radical (unpaired) electrons. The van der Waals surface area contributed by atoms with E-state index in [0.29, 0.717) is 11.5 Å². The van der Waals surface area contributed by atoms with Gasteiger partial charge >= 0.3 is 0 Å². The molecule has 1 saturated carbocycles. The maximum atomic E-state index is 11.8. The van der Waals surface area contributed by atoms with Gasteiger partial charge in [-0.1, -0.05) is 127 Å². The number of phenols is 2. The Labute approximate surface area is 221 Å². The minimum absolute atomic E-state index is 0.147. The predicted octanol–water partition coefficient (Wildman–Crippen LogP) is 9.54. The Hall–Kier alpha value is -1.96. The van der Waals surface area contributed by atoms with Crippen molar-refractivity contribution in [3.8, 4) is 11.5 Å². The number of benzene rings is 2. The average molecular weight is 493 g/mol. The van der Waals surface area contributed by atoms with Crippen LogP contribution in [-0.2, 0) is 27.1 Å². The normalized spacial score (nSPS) is 17.3. The van der Waals surface area contributed by atoms with Crippen molar-refractivity contribution in [1.29, 1.82) is 0 Å². The van der Waals surface area contributed by atoms with Gasteiger partial charge in [-0.05, 0) is 56.8 Å². The van der Waals surface area contributed by atoms with E-state index in [1.54, 1.807) is 0 Å². The summed E-state index contributed by atoms with van der Waals surface area (Å²) >= 11 is 0. The third-order valence-corrected chi connectivity index (χ3v) is 8.21. The van der Waals surface area contributed by atoms with Gasteiger partial charge in [-0.2, -0.15) is 0 Å². The summed E-state index contributed by atoms with van der Waals surface area (Å²) in [6, 6.07) is 8.95. The molecule has 0 spiro atoms. The summed E-state index contributed by atoms with van der Waals surface area (Å²) in [5, 5.41) is 23.6. The van der Waals surface area contributed by atoms with Gasteiger partial charge in [0.25, 0.3) is 0 Å². The second kappa shape index (κ2) is 9.10. The number of rotatable bonds is 2. The lowest BCUT2D eigenvalue weighted by Gasteiger charge is -2.45. The molecule has 0 aliphatic heterocycles. The van der Waals surface area contributed by atoms with Gasteiger partial charge in [-0.3, -0.25) is 0 Å². The molecule has 0 atom stereocenters. The molecule has 2 heteroatoms. The molecule has 3 rings (SSSR count). The second-order valence-electron chi connectivity index (χ2n) is 15.4. The molecule has 0 bridgehead atoms. The summed E-state index contributed by atoms with van der Waals surface area (Å²) in [6.07, 6.45) is 5.59. The van der Waals surface area contributed by atoms with Gasteiger partial charge in [0, 0.05) is 16.5 Å². The lowest BCUT2D eigenvalue weighted by Crippen LogP contribution is -2.37. The highest BCUT2D eigenvalue weighted by Gasteiger charge is 2.44. The summed E-state index contributed by atoms with van der Waals surface area (Å²) < 4.78 is 0. The fraction of sp³-hybridized carbons (Fsp3) is 0.647. The first-order chi connectivity index (χ1) is 16.2. The third-order valence-electron chi connectivity index (χ3n) is 8.21. The molecular weight excluding hydrogens is 440 g/mol. The van der Waals surface area contributed by atoms with Crippen LogP contribution < -0.4 is 0 Å². The van der Waals surface area contributed by atoms with E-state index < -0.39 is 0 Å². The van der Waals surface area contributed by atoms with E-state index in [9.17, 15) is 10.2 Å². The van der Waals surface area contributed by atoms with Gasteiger partial charge in [-0.15, -0.1) is 0 Å². The van der Waals surface area contributed by atoms with Crippen LogP contribution in [0.4, 0.5) is 0 Å². The lowest BCUT2D eigenvalue weighted by molar-refractivity contribution is 0.325. The zero-order chi connectivity index (χ0) is 27.5. The Morgan fingerprint density at radius 1 is 0.500 bits per heavy atom. The zero-order valence-electron chi connectivity index (χ0n) is 25.2. The summed E-state index contributed by atoms with van der Waals surface area (Å²) in [5.74, 6) is 0.899. The topological polar surface area (TPSA) is 40.5 Å². The largest absolute Gasteiger partial charge is 0.507 e. The van der Waals surface area contributed by atoms with Crippen molar-refractivity contribution in [2.24, 2.45) is 0 Å². The Morgan fingerprint density at radius 3 is 1.11 bits per heavy atom. The molecule has 0 aromatic heterocycles. The highest BCUT2D eigenvalue weighted by molar-refractivity contribution is 5.61. The molecule has 0 saturated heterocycles. The van der Waals surface area contributed by atoms with Gasteiger partial charge in [0.2, 0.25) is 0 Å². The van der Waals surface area contributed by atoms with Crippen molar-refractivity contribution in [3.05, 3.63) is 57.6 Å². The smallest absolute Gasteiger partial charge is 0.123 e. The molecule has 2 nitrogen and oxygen atoms in total. The Morgan fingerprint density at radius 2 is 0.833 bits per heavy atom. The minimum Gasteiger partial charge on any atom is -0.507 e. The maximum Gasteiger partial charge on any atom is 0.123 e. The SMILES string of the molecule is CC(C)(C)c1ccc(C2(c3ccc(C(C)(C)C)c(O)c3C(C)(C)C)CCCCC2)c(C(C)(C)C)c1O. The Bertz CT molecular complexity index is 1020. The first-order valence-electron chi connectivity index (χ1n) is 14.0. The highest BCUT2D eigenvalue weighted by atomic mass is 16.3. The molecule has 1 aliphatic rings. The minimum atomic E-state index is -0.245. The van der Waals surface area contributed by atoms with Crippen molar-refractivity contribution in [2.45, 2.75) is 142 Å². The molecule has 1 fully saturated rings. The fourth-order valence-electron chi connectivity index (χ4n) is 6.55. The number of hydrogen-bond acceptors (Lipinski definition) is 2. The van der Waals surface area contributed by atoms with Crippen LogP contribution in [-0.4, -0.2) is 10.2 Å². The van der Waals surface area contributed by atoms with Crippen LogP contribution in [0.25, 0.3) is 0 Å². The number of aromatic hydroxyl groups is 2. The quantitative estimate of drug-likeness (QED) is 0.438. The molecule has 2 N–H and O–H groups in total. The first kappa shape index (κ1) is 28.6. The van der Waals surface area contributed by atoms with Crippen LogP contribution in [0.2, 0.25) is 0 Å². The summed E-state index contributed by atoms with van der Waals surface area (Å²) in [7, 11) is 0. The molecule has 0 unspecified atom stereocenters. The number of hydrogen-bond donors (Lipinski definition) is 2. The van der Waals surface area contributed by atoms with Crippen LogP contribution in [0.3, 0.4) is 0 Å².